The van der Waals surface area contributed by atoms with Crippen molar-refractivity contribution in [2.45, 2.75) is 45.4 Å². The largest absolute Gasteiger partial charge is 0.396 e. The summed E-state index contributed by atoms with van der Waals surface area (Å²) in [7, 11) is 0. The average molecular weight is 182 g/mol. The van der Waals surface area contributed by atoms with Gasteiger partial charge in [0.2, 0.25) is 0 Å². The van der Waals surface area contributed by atoms with Crippen LogP contribution in [0.4, 0.5) is 0 Å². The van der Waals surface area contributed by atoms with Crippen molar-refractivity contribution in [3.8, 4) is 0 Å². The monoisotopic (exact) mass is 182 g/mol. The molecule has 2 aliphatic rings. The molecular formula is C12H22O. The van der Waals surface area contributed by atoms with Crippen LogP contribution in [0.1, 0.15) is 45.4 Å². The Morgan fingerprint density at radius 1 is 1.00 bits per heavy atom. The second kappa shape index (κ2) is 4.00. The smallest absolute Gasteiger partial charge is 0.0462 e. The number of hydrogen-bond acceptors (Lipinski definition) is 1. The summed E-state index contributed by atoms with van der Waals surface area (Å²) in [4.78, 5) is 0. The lowest BCUT2D eigenvalue weighted by molar-refractivity contribution is 0.184. The molecule has 4 atom stereocenters. The summed E-state index contributed by atoms with van der Waals surface area (Å²) in [5, 5.41) is 9.23. The van der Waals surface area contributed by atoms with Gasteiger partial charge in [0.1, 0.15) is 0 Å². The Bertz CT molecular complexity index is 167. The maximum absolute atomic E-state index is 9.23. The topological polar surface area (TPSA) is 20.2 Å². The van der Waals surface area contributed by atoms with Gasteiger partial charge in [-0.15, -0.1) is 0 Å². The van der Waals surface area contributed by atoms with E-state index in [0.717, 1.165) is 17.8 Å². The van der Waals surface area contributed by atoms with E-state index in [9.17, 15) is 5.11 Å². The minimum atomic E-state index is 0.444. The lowest BCUT2D eigenvalue weighted by atomic mass is 9.87. The molecule has 2 rings (SSSR count). The summed E-state index contributed by atoms with van der Waals surface area (Å²) in [6, 6.07) is 0. The molecule has 0 saturated heterocycles. The second-order valence-corrected chi connectivity index (χ2v) is 4.97. The van der Waals surface area contributed by atoms with E-state index in [1.807, 2.05) is 0 Å². The third-order valence-corrected chi connectivity index (χ3v) is 4.40. The first-order chi connectivity index (χ1) is 6.36. The first-order valence-electron chi connectivity index (χ1n) is 5.97. The molecule has 1 N–H and O–H groups in total. The summed E-state index contributed by atoms with van der Waals surface area (Å²) in [5.74, 6) is 3.54. The van der Waals surface area contributed by atoms with Gasteiger partial charge < -0.3 is 5.11 Å². The van der Waals surface area contributed by atoms with E-state index in [-0.39, 0.29) is 0 Å². The van der Waals surface area contributed by atoms with E-state index >= 15 is 0 Å². The van der Waals surface area contributed by atoms with Gasteiger partial charge in [0, 0.05) is 6.61 Å². The third-order valence-electron chi connectivity index (χ3n) is 4.40. The molecule has 0 amide bonds. The number of aliphatic hydroxyl groups is 1. The minimum Gasteiger partial charge on any atom is -0.396 e. The van der Waals surface area contributed by atoms with Crippen LogP contribution in [0.25, 0.3) is 0 Å². The molecule has 76 valence electrons. The van der Waals surface area contributed by atoms with Gasteiger partial charge in [0.25, 0.3) is 0 Å². The molecule has 0 aliphatic heterocycles. The van der Waals surface area contributed by atoms with Crippen LogP contribution < -0.4 is 0 Å². The molecule has 0 aromatic rings. The Kier molecular flexibility index (Phi) is 2.92. The van der Waals surface area contributed by atoms with E-state index in [1.54, 1.807) is 0 Å². The highest BCUT2D eigenvalue weighted by Gasteiger charge is 2.43. The summed E-state index contributed by atoms with van der Waals surface area (Å²) >= 11 is 0. The van der Waals surface area contributed by atoms with Crippen LogP contribution in [0.15, 0.2) is 0 Å². The van der Waals surface area contributed by atoms with Crippen molar-refractivity contribution in [2.75, 3.05) is 6.61 Å². The van der Waals surface area contributed by atoms with Gasteiger partial charge in [-0.25, -0.2) is 0 Å². The first-order valence-corrected chi connectivity index (χ1v) is 5.97. The van der Waals surface area contributed by atoms with Gasteiger partial charge in [-0.05, 0) is 49.4 Å². The fourth-order valence-corrected chi connectivity index (χ4v) is 3.80. The molecule has 1 heteroatoms. The molecule has 0 aromatic carbocycles. The molecular weight excluding hydrogens is 160 g/mol. The Labute approximate surface area is 81.5 Å². The summed E-state index contributed by atoms with van der Waals surface area (Å²) < 4.78 is 0. The first kappa shape index (κ1) is 9.51. The van der Waals surface area contributed by atoms with Gasteiger partial charge in [0.05, 0.1) is 0 Å². The van der Waals surface area contributed by atoms with E-state index in [1.165, 1.54) is 38.5 Å². The molecule has 13 heavy (non-hydrogen) atoms. The summed E-state index contributed by atoms with van der Waals surface area (Å²) in [6.45, 7) is 2.74. The van der Waals surface area contributed by atoms with Crippen LogP contribution in [0.2, 0.25) is 0 Å². The van der Waals surface area contributed by atoms with Gasteiger partial charge in [0.15, 0.2) is 0 Å². The van der Waals surface area contributed by atoms with Crippen molar-refractivity contribution in [1.29, 1.82) is 0 Å². The van der Waals surface area contributed by atoms with Crippen molar-refractivity contribution in [1.82, 2.24) is 0 Å². The number of rotatable bonds is 3. The highest BCUT2D eigenvalue weighted by Crippen LogP contribution is 2.51. The number of hydrogen-bond donors (Lipinski definition) is 1. The quantitative estimate of drug-likeness (QED) is 0.711. The maximum Gasteiger partial charge on any atom is 0.0462 e. The van der Waals surface area contributed by atoms with Gasteiger partial charge in [-0.1, -0.05) is 19.8 Å². The van der Waals surface area contributed by atoms with Crippen molar-refractivity contribution in [2.24, 2.45) is 23.7 Å². The van der Waals surface area contributed by atoms with Crippen LogP contribution in [0.5, 0.6) is 0 Å². The van der Waals surface area contributed by atoms with Crippen molar-refractivity contribution in [3.63, 3.8) is 0 Å². The fraction of sp³-hybridized carbons (Fsp3) is 1.00. The van der Waals surface area contributed by atoms with Gasteiger partial charge in [-0.3, -0.25) is 0 Å². The SMILES string of the molecule is CCCC1CC[C@H]2C(CO)CC[C@@H]12. The Hall–Kier alpha value is -0.0400. The molecule has 1 nitrogen and oxygen atoms in total. The molecule has 2 saturated carbocycles. The number of fused-ring (bicyclic) bond motifs is 1. The molecule has 2 aliphatic carbocycles. The van der Waals surface area contributed by atoms with E-state index in [2.05, 4.69) is 6.92 Å². The molecule has 0 spiro atoms. The van der Waals surface area contributed by atoms with Crippen LogP contribution in [0.3, 0.4) is 0 Å². The highest BCUT2D eigenvalue weighted by atomic mass is 16.3. The molecule has 0 bridgehead atoms. The predicted octanol–water partition coefficient (Wildman–Crippen LogP) is 2.83. The standard InChI is InChI=1S/C12H22O/c1-2-3-9-4-6-12-10(8-13)5-7-11(9)12/h9-13H,2-8H2,1H3/t9?,10?,11-,12-/m0/s1. The third kappa shape index (κ3) is 1.63. The number of aliphatic hydroxyl groups excluding tert-OH is 1. The predicted molar refractivity (Wildman–Crippen MR) is 54.4 cm³/mol. The normalized spacial score (nSPS) is 43.8. The van der Waals surface area contributed by atoms with Crippen LogP contribution >= 0.6 is 0 Å². The van der Waals surface area contributed by atoms with Gasteiger partial charge in [-0.2, -0.15) is 0 Å². The molecule has 0 aromatic heterocycles. The average Bonchev–Trinajstić information content (AvgIpc) is 2.68. The highest BCUT2D eigenvalue weighted by molar-refractivity contribution is 4.93. The maximum atomic E-state index is 9.23. The van der Waals surface area contributed by atoms with Gasteiger partial charge >= 0.3 is 0 Å². The van der Waals surface area contributed by atoms with Crippen LogP contribution in [-0.2, 0) is 0 Å². The van der Waals surface area contributed by atoms with Crippen molar-refractivity contribution >= 4 is 0 Å². The molecule has 2 unspecified atom stereocenters. The summed E-state index contributed by atoms with van der Waals surface area (Å²) in [6.07, 6.45) is 8.32. The Morgan fingerprint density at radius 2 is 1.62 bits per heavy atom. The zero-order valence-corrected chi connectivity index (χ0v) is 8.71. The lowest BCUT2D eigenvalue weighted by Gasteiger charge is -2.19. The van der Waals surface area contributed by atoms with Crippen molar-refractivity contribution < 1.29 is 5.11 Å². The minimum absolute atomic E-state index is 0.444. The zero-order chi connectivity index (χ0) is 9.26. The van der Waals surface area contributed by atoms with E-state index in [0.29, 0.717) is 12.5 Å². The Morgan fingerprint density at radius 3 is 2.23 bits per heavy atom. The lowest BCUT2D eigenvalue weighted by Crippen LogP contribution is -2.15. The summed E-state index contributed by atoms with van der Waals surface area (Å²) in [5.41, 5.74) is 0. The fourth-order valence-electron chi connectivity index (χ4n) is 3.80. The molecule has 0 heterocycles. The van der Waals surface area contributed by atoms with Crippen molar-refractivity contribution in [3.05, 3.63) is 0 Å². The Balaban J connectivity index is 1.95. The van der Waals surface area contributed by atoms with Crippen LogP contribution in [-0.4, -0.2) is 11.7 Å². The van der Waals surface area contributed by atoms with E-state index < -0.39 is 0 Å². The molecule has 0 radical (unpaired) electrons. The van der Waals surface area contributed by atoms with E-state index in [4.69, 9.17) is 0 Å². The molecule has 2 fully saturated rings. The van der Waals surface area contributed by atoms with Crippen LogP contribution in [0, 0.1) is 23.7 Å². The zero-order valence-electron chi connectivity index (χ0n) is 8.71. The second-order valence-electron chi connectivity index (χ2n) is 4.97.